The molecule has 2 atom stereocenters. The fourth-order valence-electron chi connectivity index (χ4n) is 1.96. The predicted octanol–water partition coefficient (Wildman–Crippen LogP) is 2.88. The summed E-state index contributed by atoms with van der Waals surface area (Å²) in [7, 11) is 1.98. The van der Waals surface area contributed by atoms with E-state index in [0.29, 0.717) is 6.04 Å². The zero-order valence-electron chi connectivity index (χ0n) is 8.38. The third-order valence-corrected chi connectivity index (χ3v) is 3.17. The smallest absolute Gasteiger partial charge is 0.125 e. The van der Waals surface area contributed by atoms with Crippen LogP contribution in [0.1, 0.15) is 24.9 Å². The Labute approximate surface area is 92.8 Å². The van der Waals surface area contributed by atoms with Crippen molar-refractivity contribution in [3.63, 3.8) is 0 Å². The molecule has 1 heterocycles. The van der Waals surface area contributed by atoms with Crippen molar-refractivity contribution in [2.24, 2.45) is 0 Å². The van der Waals surface area contributed by atoms with Crippen molar-refractivity contribution < 1.29 is 4.74 Å². The average molecular weight is 256 g/mol. The number of hydrogen-bond donors (Lipinski definition) is 1. The third kappa shape index (κ3) is 1.55. The summed E-state index contributed by atoms with van der Waals surface area (Å²) in [6.45, 7) is 2.15. The third-order valence-electron chi connectivity index (χ3n) is 2.67. The molecule has 14 heavy (non-hydrogen) atoms. The number of fused-ring (bicyclic) bond motifs is 1. The molecule has 76 valence electrons. The normalized spacial score (nSPS) is 24.5. The van der Waals surface area contributed by atoms with Crippen LogP contribution in [-0.4, -0.2) is 13.2 Å². The highest BCUT2D eigenvalue weighted by atomic mass is 79.9. The van der Waals surface area contributed by atoms with Crippen molar-refractivity contribution in [2.45, 2.75) is 25.5 Å². The van der Waals surface area contributed by atoms with E-state index >= 15 is 0 Å². The molecule has 0 radical (unpaired) electrons. The first-order valence-electron chi connectivity index (χ1n) is 4.89. The lowest BCUT2D eigenvalue weighted by Gasteiger charge is -2.16. The molecule has 1 aromatic rings. The first kappa shape index (κ1) is 9.99. The molecule has 0 saturated carbocycles. The second-order valence-electron chi connectivity index (χ2n) is 3.51. The molecule has 0 bridgehead atoms. The van der Waals surface area contributed by atoms with E-state index in [0.717, 1.165) is 16.6 Å². The van der Waals surface area contributed by atoms with Gasteiger partial charge in [0.1, 0.15) is 11.9 Å². The lowest BCUT2D eigenvalue weighted by molar-refractivity contribution is 0.189. The number of halogens is 1. The summed E-state index contributed by atoms with van der Waals surface area (Å²) in [4.78, 5) is 0. The highest BCUT2D eigenvalue weighted by molar-refractivity contribution is 9.10. The van der Waals surface area contributed by atoms with Gasteiger partial charge in [0.2, 0.25) is 0 Å². The van der Waals surface area contributed by atoms with E-state index in [9.17, 15) is 0 Å². The fraction of sp³-hybridized carbons (Fsp3) is 0.455. The number of rotatable bonds is 2. The zero-order valence-corrected chi connectivity index (χ0v) is 9.97. The van der Waals surface area contributed by atoms with Gasteiger partial charge in [-0.15, -0.1) is 0 Å². The molecule has 0 saturated heterocycles. The van der Waals surface area contributed by atoms with Gasteiger partial charge in [0.05, 0.1) is 6.04 Å². The highest BCUT2D eigenvalue weighted by Gasteiger charge is 2.31. The average Bonchev–Trinajstić information content (AvgIpc) is 2.54. The van der Waals surface area contributed by atoms with Gasteiger partial charge < -0.3 is 10.1 Å². The first-order chi connectivity index (χ1) is 6.76. The van der Waals surface area contributed by atoms with Crippen molar-refractivity contribution in [3.8, 4) is 5.75 Å². The molecule has 1 aliphatic rings. The number of ether oxygens (including phenoxy) is 1. The molecular weight excluding hydrogens is 242 g/mol. The fourth-order valence-corrected chi connectivity index (χ4v) is 2.30. The van der Waals surface area contributed by atoms with E-state index in [1.807, 2.05) is 13.1 Å². The van der Waals surface area contributed by atoms with E-state index in [4.69, 9.17) is 4.74 Å². The van der Waals surface area contributed by atoms with Crippen LogP contribution in [0.3, 0.4) is 0 Å². The number of benzene rings is 1. The van der Waals surface area contributed by atoms with Gasteiger partial charge in [-0.2, -0.15) is 0 Å². The maximum Gasteiger partial charge on any atom is 0.125 e. The van der Waals surface area contributed by atoms with E-state index in [2.05, 4.69) is 40.3 Å². The molecule has 3 heteroatoms. The van der Waals surface area contributed by atoms with Crippen LogP contribution in [0.2, 0.25) is 0 Å². The Morgan fingerprint density at radius 2 is 2.29 bits per heavy atom. The minimum absolute atomic E-state index is 0.268. The molecule has 0 fully saturated rings. The number of hydrogen-bond acceptors (Lipinski definition) is 2. The molecule has 0 aromatic heterocycles. The number of nitrogens with one attached hydrogen (secondary N) is 1. The lowest BCUT2D eigenvalue weighted by Crippen LogP contribution is -2.27. The van der Waals surface area contributed by atoms with Crippen LogP contribution in [0.4, 0.5) is 0 Å². The Balaban J connectivity index is 2.37. The molecule has 0 spiro atoms. The largest absolute Gasteiger partial charge is 0.488 e. The van der Waals surface area contributed by atoms with Crippen LogP contribution < -0.4 is 10.1 Å². The number of likely N-dealkylation sites (N-methyl/N-ethyl adjacent to an activating group) is 1. The molecule has 0 amide bonds. The van der Waals surface area contributed by atoms with Gasteiger partial charge in [0.15, 0.2) is 0 Å². The summed E-state index contributed by atoms with van der Waals surface area (Å²) in [6.07, 6.45) is 1.29. The maximum absolute atomic E-state index is 5.85. The van der Waals surface area contributed by atoms with E-state index in [1.165, 1.54) is 5.56 Å². The summed E-state index contributed by atoms with van der Waals surface area (Å²) in [5.41, 5.74) is 1.27. The standard InChI is InChI=1S/C11H14BrNO/c1-3-9-11(13-2)8-5-4-7(12)6-10(8)14-9/h4-6,9,11,13H,3H2,1-2H3. The van der Waals surface area contributed by atoms with E-state index in [1.54, 1.807) is 0 Å². The summed E-state index contributed by atoms with van der Waals surface area (Å²) in [5.74, 6) is 1.01. The van der Waals surface area contributed by atoms with Gasteiger partial charge >= 0.3 is 0 Å². The maximum atomic E-state index is 5.85. The summed E-state index contributed by atoms with van der Waals surface area (Å²) in [5, 5.41) is 3.30. The van der Waals surface area contributed by atoms with E-state index in [-0.39, 0.29) is 6.10 Å². The van der Waals surface area contributed by atoms with Crippen molar-refractivity contribution in [1.29, 1.82) is 0 Å². The lowest BCUT2D eigenvalue weighted by atomic mass is 10.0. The zero-order chi connectivity index (χ0) is 10.1. The van der Waals surface area contributed by atoms with Gasteiger partial charge in [-0.25, -0.2) is 0 Å². The Morgan fingerprint density at radius 1 is 1.50 bits per heavy atom. The van der Waals surface area contributed by atoms with E-state index < -0.39 is 0 Å². The van der Waals surface area contributed by atoms with Crippen molar-refractivity contribution in [3.05, 3.63) is 28.2 Å². The summed E-state index contributed by atoms with van der Waals surface area (Å²) in [6, 6.07) is 6.55. The molecule has 1 N–H and O–H groups in total. The molecule has 2 rings (SSSR count). The second-order valence-corrected chi connectivity index (χ2v) is 4.43. The van der Waals surface area contributed by atoms with Gasteiger partial charge in [-0.05, 0) is 25.6 Å². The summed E-state index contributed by atoms with van der Waals surface area (Å²) < 4.78 is 6.92. The SMILES string of the molecule is CCC1Oc2cc(Br)ccc2C1NC. The van der Waals surface area contributed by atoms with Crippen LogP contribution in [-0.2, 0) is 0 Å². The van der Waals surface area contributed by atoms with Crippen LogP contribution in [0.5, 0.6) is 5.75 Å². The van der Waals surface area contributed by atoms with Crippen LogP contribution >= 0.6 is 15.9 Å². The molecule has 1 aromatic carbocycles. The van der Waals surface area contributed by atoms with Crippen molar-refractivity contribution >= 4 is 15.9 Å². The van der Waals surface area contributed by atoms with Gasteiger partial charge in [-0.3, -0.25) is 0 Å². The van der Waals surface area contributed by atoms with Gasteiger partial charge in [0.25, 0.3) is 0 Å². The van der Waals surface area contributed by atoms with Crippen LogP contribution in [0.25, 0.3) is 0 Å². The Kier molecular flexibility index (Phi) is 2.79. The first-order valence-corrected chi connectivity index (χ1v) is 5.69. The molecule has 0 aliphatic carbocycles. The second kappa shape index (κ2) is 3.91. The molecule has 1 aliphatic heterocycles. The minimum atomic E-state index is 0.268. The Bertz CT molecular complexity index is 340. The van der Waals surface area contributed by atoms with Crippen LogP contribution in [0.15, 0.2) is 22.7 Å². The van der Waals surface area contributed by atoms with Gasteiger partial charge in [0, 0.05) is 10.0 Å². The minimum Gasteiger partial charge on any atom is -0.488 e. The summed E-state index contributed by atoms with van der Waals surface area (Å²) >= 11 is 3.45. The molecule has 2 nitrogen and oxygen atoms in total. The van der Waals surface area contributed by atoms with Gasteiger partial charge in [-0.1, -0.05) is 28.9 Å². The van der Waals surface area contributed by atoms with Crippen LogP contribution in [0, 0.1) is 0 Å². The van der Waals surface area contributed by atoms with Crippen molar-refractivity contribution in [2.75, 3.05) is 7.05 Å². The highest BCUT2D eigenvalue weighted by Crippen LogP contribution is 2.39. The quantitative estimate of drug-likeness (QED) is 0.878. The molecular formula is C11H14BrNO. The topological polar surface area (TPSA) is 21.3 Å². The molecule has 2 unspecified atom stereocenters. The van der Waals surface area contributed by atoms with Crippen molar-refractivity contribution in [1.82, 2.24) is 5.32 Å². The monoisotopic (exact) mass is 255 g/mol. The predicted molar refractivity (Wildman–Crippen MR) is 60.6 cm³/mol. The Morgan fingerprint density at radius 3 is 2.93 bits per heavy atom. The Hall–Kier alpha value is -0.540.